The number of hydrogen-bond acceptors (Lipinski definition) is 8. The van der Waals surface area contributed by atoms with Crippen molar-refractivity contribution in [3.63, 3.8) is 0 Å². The number of likely N-dealkylation sites (tertiary alicyclic amines) is 4. The van der Waals surface area contributed by atoms with Gasteiger partial charge in [-0.05, 0) is 25.7 Å². The second kappa shape index (κ2) is 18.5. The Morgan fingerprint density at radius 1 is 0.452 bits per heavy atom. The molecule has 4 atom stereocenters. The van der Waals surface area contributed by atoms with Crippen molar-refractivity contribution < 1.29 is 97.7 Å². The van der Waals surface area contributed by atoms with E-state index in [2.05, 4.69) is 0 Å². The summed E-state index contributed by atoms with van der Waals surface area (Å²) in [5.41, 5.74) is 0. The maximum atomic E-state index is 10.8. The molecular weight excluding hydrogens is 742 g/mol. The molecule has 4 N–H and O–H groups in total. The van der Waals surface area contributed by atoms with E-state index in [9.17, 15) is 38.4 Å². The second-order valence-electron chi connectivity index (χ2n) is 9.59. The molecule has 242 valence electrons. The van der Waals surface area contributed by atoms with Crippen LogP contribution < -0.4 is 0 Å². The van der Waals surface area contributed by atoms with Crippen LogP contribution in [0.3, 0.4) is 0 Å². The summed E-state index contributed by atoms with van der Waals surface area (Å²) in [4.78, 5) is 89.6. The Morgan fingerprint density at radius 3 is 0.643 bits per heavy atom. The SMILES string of the molecule is CN1C(=O)CC[C@@H]1C(=O)O.CN1C(=O)CC[C@@H]1C(=O)O.CN1C(=O)CC[C@@H]1C(=O)O.CN1C(=O)CC[C@@H]1C(=O)O.[Rh].[Rh]. The first-order chi connectivity index (χ1) is 18.5. The largest absolute Gasteiger partial charge is 0.480 e. The van der Waals surface area contributed by atoms with Crippen LogP contribution in [0.2, 0.25) is 0 Å². The standard InChI is InChI=1S/4C6H9NO3.2Rh/c4*1-7-4(6(9)10)2-3-5(7)8;;/h4*4H,2-3H2,1H3,(H,9,10);;/t4*4-;;/m1111../s1. The number of amides is 4. The van der Waals surface area contributed by atoms with Gasteiger partial charge in [0, 0.05) is 92.8 Å². The first-order valence-corrected chi connectivity index (χ1v) is 12.4. The molecule has 4 amide bonds. The van der Waals surface area contributed by atoms with Crippen molar-refractivity contribution in [2.75, 3.05) is 28.2 Å². The molecule has 0 saturated carbocycles. The number of likely N-dealkylation sites (N-methyl/N-ethyl adjacent to an activating group) is 4. The topological polar surface area (TPSA) is 230 Å². The first-order valence-electron chi connectivity index (χ1n) is 12.4. The van der Waals surface area contributed by atoms with Gasteiger partial charge in [0.25, 0.3) is 0 Å². The van der Waals surface area contributed by atoms with Gasteiger partial charge in [-0.15, -0.1) is 0 Å². The molecule has 16 nitrogen and oxygen atoms in total. The predicted octanol–water partition coefficient (Wildman–Crippen LogP) is -1.24. The van der Waals surface area contributed by atoms with E-state index >= 15 is 0 Å². The number of hydrogen-bond donors (Lipinski definition) is 4. The average molecular weight is 778 g/mol. The molecule has 0 aliphatic carbocycles. The van der Waals surface area contributed by atoms with E-state index in [0.717, 1.165) is 0 Å². The van der Waals surface area contributed by atoms with Crippen molar-refractivity contribution in [3.05, 3.63) is 0 Å². The summed E-state index contributed by atoms with van der Waals surface area (Å²) < 4.78 is 0. The zero-order valence-electron chi connectivity index (χ0n) is 23.5. The molecule has 0 aromatic rings. The Hall–Kier alpha value is -2.99. The third kappa shape index (κ3) is 11.4. The molecule has 18 heteroatoms. The van der Waals surface area contributed by atoms with E-state index in [1.165, 1.54) is 47.8 Å². The molecule has 0 spiro atoms. The summed E-state index contributed by atoms with van der Waals surface area (Å²) in [6.45, 7) is 0. The molecule has 0 aromatic heterocycles. The van der Waals surface area contributed by atoms with E-state index in [0.29, 0.717) is 51.4 Å². The molecule has 0 aromatic carbocycles. The predicted molar refractivity (Wildman–Crippen MR) is 134 cm³/mol. The van der Waals surface area contributed by atoms with Crippen molar-refractivity contribution in [2.24, 2.45) is 0 Å². The number of carboxylic acid groups (broad SMARTS) is 4. The van der Waals surface area contributed by atoms with Gasteiger partial charge < -0.3 is 40.0 Å². The minimum Gasteiger partial charge on any atom is -0.480 e. The quantitative estimate of drug-likeness (QED) is 0.246. The molecule has 4 rings (SSSR count). The summed E-state index contributed by atoms with van der Waals surface area (Å²) in [7, 11) is 6.09. The molecule has 2 radical (unpaired) electrons. The van der Waals surface area contributed by atoms with Gasteiger partial charge in [0.1, 0.15) is 24.2 Å². The summed E-state index contributed by atoms with van der Waals surface area (Å²) in [6.07, 6.45) is 3.27. The number of carbonyl (C=O) groups excluding carboxylic acids is 4. The van der Waals surface area contributed by atoms with Crippen LogP contribution in [0.1, 0.15) is 51.4 Å². The van der Waals surface area contributed by atoms with Crippen LogP contribution in [0.15, 0.2) is 0 Å². The number of carboxylic acids is 4. The van der Waals surface area contributed by atoms with Gasteiger partial charge in [-0.1, -0.05) is 0 Å². The molecule has 4 fully saturated rings. The van der Waals surface area contributed by atoms with Crippen molar-refractivity contribution >= 4 is 47.5 Å². The van der Waals surface area contributed by atoms with Gasteiger partial charge in [0.15, 0.2) is 0 Å². The fourth-order valence-corrected chi connectivity index (χ4v) is 4.37. The summed E-state index contributed by atoms with van der Waals surface area (Å²) in [6, 6.07) is -2.36. The van der Waals surface area contributed by atoms with Gasteiger partial charge in [-0.25, -0.2) is 19.2 Å². The summed E-state index contributed by atoms with van der Waals surface area (Å²) in [5, 5.41) is 34.0. The smallest absolute Gasteiger partial charge is 0.326 e. The van der Waals surface area contributed by atoms with Gasteiger partial charge >= 0.3 is 23.9 Å². The minimum atomic E-state index is -0.909. The van der Waals surface area contributed by atoms with Crippen LogP contribution in [0.25, 0.3) is 0 Å². The third-order valence-electron chi connectivity index (χ3n) is 7.11. The molecule has 0 bridgehead atoms. The maximum absolute atomic E-state index is 10.8. The van der Waals surface area contributed by atoms with Gasteiger partial charge in [-0.2, -0.15) is 0 Å². The second-order valence-corrected chi connectivity index (χ2v) is 9.59. The Balaban J connectivity index is 0. The normalized spacial score (nSPS) is 24.3. The molecule has 4 saturated heterocycles. The Bertz CT molecular complexity index is 883. The van der Waals surface area contributed by atoms with Crippen LogP contribution >= 0.6 is 0 Å². The first kappa shape index (κ1) is 41.1. The van der Waals surface area contributed by atoms with Crippen molar-refractivity contribution in [2.45, 2.75) is 75.5 Å². The van der Waals surface area contributed by atoms with Crippen molar-refractivity contribution in [3.8, 4) is 0 Å². The Labute approximate surface area is 267 Å². The number of rotatable bonds is 4. The molecule has 42 heavy (non-hydrogen) atoms. The van der Waals surface area contributed by atoms with Crippen LogP contribution in [0.4, 0.5) is 0 Å². The van der Waals surface area contributed by atoms with Crippen LogP contribution in [0.5, 0.6) is 0 Å². The van der Waals surface area contributed by atoms with E-state index in [1.807, 2.05) is 0 Å². The number of nitrogens with zero attached hydrogens (tertiary/aromatic N) is 4. The van der Waals surface area contributed by atoms with Gasteiger partial charge in [0.2, 0.25) is 23.6 Å². The molecule has 4 aliphatic rings. The fraction of sp³-hybridized carbons (Fsp3) is 0.667. The van der Waals surface area contributed by atoms with E-state index < -0.39 is 48.0 Å². The monoisotopic (exact) mass is 778 g/mol. The molecule has 4 heterocycles. The Kier molecular flexibility index (Phi) is 18.1. The molecule has 0 unspecified atom stereocenters. The average Bonchev–Trinajstić information content (AvgIpc) is 3.59. The van der Waals surface area contributed by atoms with Crippen molar-refractivity contribution in [1.82, 2.24) is 19.6 Å². The fourth-order valence-electron chi connectivity index (χ4n) is 4.37. The minimum absolute atomic E-state index is 0. The van der Waals surface area contributed by atoms with Crippen LogP contribution in [0, 0.1) is 0 Å². The number of aliphatic carboxylic acids is 4. The van der Waals surface area contributed by atoms with Crippen molar-refractivity contribution in [1.29, 1.82) is 0 Å². The molecule has 4 aliphatic heterocycles. The number of carbonyl (C=O) groups is 8. The Morgan fingerprint density at radius 2 is 0.595 bits per heavy atom. The molecular formula is C24H36N4O12Rh2. The zero-order valence-corrected chi connectivity index (χ0v) is 26.8. The zero-order chi connectivity index (χ0) is 30.9. The van der Waals surface area contributed by atoms with Gasteiger partial charge in [0.05, 0.1) is 0 Å². The maximum Gasteiger partial charge on any atom is 0.326 e. The summed E-state index contributed by atoms with van der Waals surface area (Å²) in [5.74, 6) is -3.94. The van der Waals surface area contributed by atoms with E-state index in [1.54, 1.807) is 0 Å². The van der Waals surface area contributed by atoms with Gasteiger partial charge in [-0.3, -0.25) is 19.2 Å². The summed E-state index contributed by atoms with van der Waals surface area (Å²) >= 11 is 0. The van der Waals surface area contributed by atoms with E-state index in [-0.39, 0.29) is 62.6 Å². The third-order valence-corrected chi connectivity index (χ3v) is 7.11. The van der Waals surface area contributed by atoms with Crippen LogP contribution in [-0.2, 0) is 77.3 Å². The van der Waals surface area contributed by atoms with E-state index in [4.69, 9.17) is 20.4 Å². The van der Waals surface area contributed by atoms with Crippen LogP contribution in [-0.4, -0.2) is 140 Å².